The van der Waals surface area contributed by atoms with Crippen molar-refractivity contribution in [1.82, 2.24) is 9.62 Å². The van der Waals surface area contributed by atoms with Gasteiger partial charge in [-0.05, 0) is 38.3 Å². The molecule has 0 bridgehead atoms. The van der Waals surface area contributed by atoms with Crippen LogP contribution >= 0.6 is 23.2 Å². The molecule has 1 N–H and O–H groups in total. The lowest BCUT2D eigenvalue weighted by Crippen LogP contribution is -2.45. The number of hydrogen-bond donors (Lipinski definition) is 1. The summed E-state index contributed by atoms with van der Waals surface area (Å²) in [6, 6.07) is 5.08. The minimum absolute atomic E-state index is 0.0144. The molecule has 2 rings (SSSR count). The van der Waals surface area contributed by atoms with Crippen molar-refractivity contribution in [3.05, 3.63) is 33.8 Å². The molecule has 1 amide bonds. The van der Waals surface area contributed by atoms with Crippen molar-refractivity contribution in [2.45, 2.75) is 44.9 Å². The highest BCUT2D eigenvalue weighted by atomic mass is 35.5. The lowest BCUT2D eigenvalue weighted by Gasteiger charge is -2.31. The fourth-order valence-corrected chi connectivity index (χ4v) is 5.12. The van der Waals surface area contributed by atoms with E-state index in [1.54, 1.807) is 18.2 Å². The van der Waals surface area contributed by atoms with Gasteiger partial charge in [0.2, 0.25) is 15.9 Å². The van der Waals surface area contributed by atoms with Gasteiger partial charge in [0, 0.05) is 40.7 Å². The zero-order chi connectivity index (χ0) is 18.6. The van der Waals surface area contributed by atoms with Crippen molar-refractivity contribution in [3.63, 3.8) is 0 Å². The van der Waals surface area contributed by atoms with Gasteiger partial charge in [0.1, 0.15) is 0 Å². The van der Waals surface area contributed by atoms with E-state index in [2.05, 4.69) is 5.32 Å². The number of nitrogens with zero attached hydrogens (tertiary/aromatic N) is 1. The summed E-state index contributed by atoms with van der Waals surface area (Å²) >= 11 is 12.2. The summed E-state index contributed by atoms with van der Waals surface area (Å²) in [7, 11) is -3.53. The van der Waals surface area contributed by atoms with E-state index in [1.807, 2.05) is 13.8 Å². The number of carbonyl (C=O) groups excluding carboxylic acids is 1. The molecule has 0 saturated carbocycles. The maximum atomic E-state index is 12.7. The maximum Gasteiger partial charge on any atom is 0.223 e. The van der Waals surface area contributed by atoms with Crippen molar-refractivity contribution in [3.8, 4) is 0 Å². The van der Waals surface area contributed by atoms with Crippen molar-refractivity contribution in [2.24, 2.45) is 5.92 Å². The average Bonchev–Trinajstić information content (AvgIpc) is 2.58. The van der Waals surface area contributed by atoms with E-state index in [1.165, 1.54) is 4.31 Å². The number of hydrogen-bond acceptors (Lipinski definition) is 3. The first-order valence-electron chi connectivity index (χ1n) is 8.45. The molecule has 0 aromatic heterocycles. The largest absolute Gasteiger partial charge is 0.353 e. The summed E-state index contributed by atoms with van der Waals surface area (Å²) in [6.45, 7) is 4.65. The highest BCUT2D eigenvalue weighted by molar-refractivity contribution is 7.88. The van der Waals surface area contributed by atoms with Gasteiger partial charge in [-0.2, -0.15) is 0 Å². The van der Waals surface area contributed by atoms with Crippen LogP contribution in [0.4, 0.5) is 0 Å². The van der Waals surface area contributed by atoms with E-state index < -0.39 is 10.0 Å². The molecule has 8 heteroatoms. The highest BCUT2D eigenvalue weighted by Crippen LogP contribution is 2.29. The van der Waals surface area contributed by atoms with Gasteiger partial charge < -0.3 is 5.32 Å². The Morgan fingerprint density at radius 1 is 1.28 bits per heavy atom. The van der Waals surface area contributed by atoms with Crippen LogP contribution < -0.4 is 5.32 Å². The maximum absolute atomic E-state index is 12.7. The Morgan fingerprint density at radius 3 is 2.36 bits per heavy atom. The first-order chi connectivity index (χ1) is 11.7. The van der Waals surface area contributed by atoms with E-state index in [9.17, 15) is 13.2 Å². The summed E-state index contributed by atoms with van der Waals surface area (Å²) in [4.78, 5) is 12.2. The number of amides is 1. The molecular weight excluding hydrogens is 383 g/mol. The molecular formula is C17H24Cl2N2O3S. The van der Waals surface area contributed by atoms with Crippen LogP contribution in [0.25, 0.3) is 0 Å². The molecule has 1 saturated heterocycles. The van der Waals surface area contributed by atoms with Crippen molar-refractivity contribution < 1.29 is 13.2 Å². The Kier molecular flexibility index (Phi) is 7.14. The van der Waals surface area contributed by atoms with Crippen LogP contribution in [0.1, 0.15) is 38.7 Å². The average molecular weight is 407 g/mol. The number of sulfonamides is 1. The van der Waals surface area contributed by atoms with Crippen LogP contribution in [0.5, 0.6) is 0 Å². The van der Waals surface area contributed by atoms with E-state index in [4.69, 9.17) is 23.2 Å². The molecule has 1 aliphatic heterocycles. The van der Waals surface area contributed by atoms with Gasteiger partial charge in [0.05, 0.1) is 5.75 Å². The molecule has 1 aliphatic rings. The van der Waals surface area contributed by atoms with E-state index in [-0.39, 0.29) is 23.6 Å². The Morgan fingerprint density at radius 2 is 1.84 bits per heavy atom. The summed E-state index contributed by atoms with van der Waals surface area (Å²) < 4.78 is 26.8. The minimum Gasteiger partial charge on any atom is -0.353 e. The first kappa shape index (κ1) is 20.5. The Bertz CT molecular complexity index is 696. The number of carbonyl (C=O) groups is 1. The number of benzene rings is 1. The third-order valence-electron chi connectivity index (χ3n) is 4.61. The molecule has 1 atom stereocenters. The van der Waals surface area contributed by atoms with Crippen LogP contribution in [0, 0.1) is 5.92 Å². The zero-order valence-corrected chi connectivity index (χ0v) is 16.8. The predicted octanol–water partition coefficient (Wildman–Crippen LogP) is 3.45. The Labute approximate surface area is 159 Å². The van der Waals surface area contributed by atoms with Crippen LogP contribution in [-0.4, -0.2) is 37.8 Å². The van der Waals surface area contributed by atoms with Gasteiger partial charge in [0.25, 0.3) is 0 Å². The molecule has 1 aromatic rings. The Balaban J connectivity index is 1.98. The van der Waals surface area contributed by atoms with Crippen LogP contribution in [0.15, 0.2) is 18.2 Å². The molecule has 0 radical (unpaired) electrons. The topological polar surface area (TPSA) is 66.5 Å². The number of halogens is 2. The van der Waals surface area contributed by atoms with Crippen LogP contribution in [0.3, 0.4) is 0 Å². The fourth-order valence-electron chi connectivity index (χ4n) is 2.80. The van der Waals surface area contributed by atoms with Gasteiger partial charge in [-0.3, -0.25) is 4.79 Å². The van der Waals surface area contributed by atoms with E-state index in [0.29, 0.717) is 41.5 Å². The normalized spacial score (nSPS) is 18.1. The number of rotatable bonds is 6. The molecule has 140 valence electrons. The smallest absolute Gasteiger partial charge is 0.223 e. The molecule has 1 heterocycles. The summed E-state index contributed by atoms with van der Waals surface area (Å²) in [5, 5.41) is 3.66. The van der Waals surface area contributed by atoms with Crippen molar-refractivity contribution in [2.75, 3.05) is 13.1 Å². The SMILES string of the molecule is CC[C@@H](C)NC(=O)C1CCN(S(=O)(=O)Cc2c(Cl)cccc2Cl)CC1. The molecule has 0 unspecified atom stereocenters. The number of piperidine rings is 1. The first-order valence-corrected chi connectivity index (χ1v) is 10.8. The quantitative estimate of drug-likeness (QED) is 0.786. The highest BCUT2D eigenvalue weighted by Gasteiger charge is 2.32. The van der Waals surface area contributed by atoms with Gasteiger partial charge in [-0.1, -0.05) is 36.2 Å². The minimum atomic E-state index is -3.53. The number of nitrogens with one attached hydrogen (secondary N) is 1. The summed E-state index contributed by atoms with van der Waals surface area (Å²) in [5.74, 6) is -0.347. The molecule has 1 aromatic carbocycles. The van der Waals surface area contributed by atoms with Crippen molar-refractivity contribution >= 4 is 39.1 Å². The van der Waals surface area contributed by atoms with Crippen molar-refractivity contribution in [1.29, 1.82) is 0 Å². The van der Waals surface area contributed by atoms with Gasteiger partial charge in [0.15, 0.2) is 0 Å². The predicted molar refractivity (Wildman–Crippen MR) is 101 cm³/mol. The second-order valence-corrected chi connectivity index (χ2v) is 9.23. The second-order valence-electron chi connectivity index (χ2n) is 6.45. The fraction of sp³-hybridized carbons (Fsp3) is 0.588. The lowest BCUT2D eigenvalue weighted by atomic mass is 9.97. The summed E-state index contributed by atoms with van der Waals surface area (Å²) in [6.07, 6.45) is 1.92. The molecule has 1 fully saturated rings. The van der Waals surface area contributed by atoms with Gasteiger partial charge in [-0.25, -0.2) is 12.7 Å². The Hall–Kier alpha value is -0.820. The standard InChI is InChI=1S/C17H24Cl2N2O3S/c1-3-12(2)20-17(22)13-7-9-21(10-8-13)25(23,24)11-14-15(18)5-4-6-16(14)19/h4-6,12-13H,3,7-11H2,1-2H3,(H,20,22)/t12-/m1/s1. The monoisotopic (exact) mass is 406 g/mol. The van der Waals surface area contributed by atoms with Crippen LogP contribution in [-0.2, 0) is 20.6 Å². The summed E-state index contributed by atoms with van der Waals surface area (Å²) in [5.41, 5.74) is 0.419. The molecule has 5 nitrogen and oxygen atoms in total. The van der Waals surface area contributed by atoms with Gasteiger partial charge in [-0.15, -0.1) is 0 Å². The second kappa shape index (κ2) is 8.71. The third kappa shape index (κ3) is 5.33. The van der Waals surface area contributed by atoms with Gasteiger partial charge >= 0.3 is 0 Å². The zero-order valence-electron chi connectivity index (χ0n) is 14.5. The molecule has 0 spiro atoms. The third-order valence-corrected chi connectivity index (χ3v) is 7.12. The van der Waals surface area contributed by atoms with E-state index in [0.717, 1.165) is 6.42 Å². The van der Waals surface area contributed by atoms with E-state index >= 15 is 0 Å². The lowest BCUT2D eigenvalue weighted by molar-refractivity contribution is -0.126. The molecule has 0 aliphatic carbocycles. The van der Waals surface area contributed by atoms with Crippen LogP contribution in [0.2, 0.25) is 10.0 Å². The molecule has 25 heavy (non-hydrogen) atoms.